The summed E-state index contributed by atoms with van der Waals surface area (Å²) in [4.78, 5) is 13.9. The van der Waals surface area contributed by atoms with Gasteiger partial charge in [-0.05, 0) is 39.0 Å². The van der Waals surface area contributed by atoms with E-state index in [1.807, 2.05) is 6.92 Å². The minimum Gasteiger partial charge on any atom is -0.338 e. The number of carbonyl (C=O) groups is 1. The van der Waals surface area contributed by atoms with Crippen molar-refractivity contribution in [1.29, 1.82) is 0 Å². The number of rotatable bonds is 6. The number of carbonyl (C=O) groups excluding carboxylic acids is 1. The van der Waals surface area contributed by atoms with Gasteiger partial charge in [0.15, 0.2) is 0 Å². The van der Waals surface area contributed by atoms with E-state index in [1.54, 1.807) is 33.0 Å². The van der Waals surface area contributed by atoms with Crippen molar-refractivity contribution in [3.63, 3.8) is 0 Å². The number of hydrogen-bond donors (Lipinski definition) is 2. The number of benzene rings is 1. The first-order chi connectivity index (χ1) is 9.69. The van der Waals surface area contributed by atoms with E-state index in [2.05, 4.69) is 4.72 Å². The SMILES string of the molecule is CC(C)NS(=O)(=O)c1cccc(C(=O)N(C)C(C)CN)c1.Cl. The van der Waals surface area contributed by atoms with Gasteiger partial charge >= 0.3 is 0 Å². The number of nitrogens with zero attached hydrogens (tertiary/aromatic N) is 1. The van der Waals surface area contributed by atoms with Gasteiger partial charge in [-0.25, -0.2) is 13.1 Å². The van der Waals surface area contributed by atoms with Gasteiger partial charge in [0.25, 0.3) is 5.91 Å². The maximum Gasteiger partial charge on any atom is 0.253 e. The topological polar surface area (TPSA) is 92.5 Å². The summed E-state index contributed by atoms with van der Waals surface area (Å²) in [6.07, 6.45) is 0. The van der Waals surface area contributed by atoms with E-state index >= 15 is 0 Å². The first-order valence-electron chi connectivity index (χ1n) is 6.78. The van der Waals surface area contributed by atoms with Crippen molar-refractivity contribution in [2.45, 2.75) is 37.8 Å². The molecule has 6 nitrogen and oxygen atoms in total. The normalized spacial score (nSPS) is 12.6. The van der Waals surface area contributed by atoms with Crippen LogP contribution in [0.2, 0.25) is 0 Å². The van der Waals surface area contributed by atoms with E-state index in [0.29, 0.717) is 12.1 Å². The molecule has 0 saturated heterocycles. The third-order valence-corrected chi connectivity index (χ3v) is 4.76. The van der Waals surface area contributed by atoms with Gasteiger partial charge in [0.05, 0.1) is 4.90 Å². The molecule has 0 radical (unpaired) electrons. The molecule has 0 aliphatic heterocycles. The largest absolute Gasteiger partial charge is 0.338 e. The van der Waals surface area contributed by atoms with Crippen LogP contribution in [0.15, 0.2) is 29.2 Å². The third kappa shape index (κ3) is 5.24. The molecule has 1 aromatic rings. The van der Waals surface area contributed by atoms with Crippen LogP contribution in [0.5, 0.6) is 0 Å². The van der Waals surface area contributed by atoms with Gasteiger partial charge in [-0.15, -0.1) is 12.4 Å². The Morgan fingerprint density at radius 2 is 1.91 bits per heavy atom. The lowest BCUT2D eigenvalue weighted by Crippen LogP contribution is -2.39. The molecular formula is C14H24ClN3O3S. The molecule has 1 unspecified atom stereocenters. The maximum atomic E-state index is 12.3. The summed E-state index contributed by atoms with van der Waals surface area (Å²) in [5, 5.41) is 0. The van der Waals surface area contributed by atoms with E-state index in [4.69, 9.17) is 5.73 Å². The molecule has 8 heteroatoms. The molecule has 0 fully saturated rings. The van der Waals surface area contributed by atoms with Crippen molar-refractivity contribution < 1.29 is 13.2 Å². The second-order valence-corrected chi connectivity index (χ2v) is 7.02. The summed E-state index contributed by atoms with van der Waals surface area (Å²) in [6, 6.07) is 5.67. The van der Waals surface area contributed by atoms with Crippen molar-refractivity contribution in [3.8, 4) is 0 Å². The zero-order valence-corrected chi connectivity index (χ0v) is 14.9. The van der Waals surface area contributed by atoms with Gasteiger partial charge in [0, 0.05) is 31.2 Å². The van der Waals surface area contributed by atoms with Gasteiger partial charge in [0.2, 0.25) is 10.0 Å². The Kier molecular flexibility index (Phi) is 8.03. The fraction of sp³-hybridized carbons (Fsp3) is 0.500. The van der Waals surface area contributed by atoms with Crippen LogP contribution in [0.3, 0.4) is 0 Å². The van der Waals surface area contributed by atoms with Crippen LogP contribution < -0.4 is 10.5 Å². The molecule has 1 rings (SSSR count). The Morgan fingerprint density at radius 1 is 1.32 bits per heavy atom. The van der Waals surface area contributed by atoms with Gasteiger partial charge in [0.1, 0.15) is 0 Å². The number of likely N-dealkylation sites (N-methyl/N-ethyl adjacent to an activating group) is 1. The second-order valence-electron chi connectivity index (χ2n) is 5.30. The lowest BCUT2D eigenvalue weighted by molar-refractivity contribution is 0.0748. The van der Waals surface area contributed by atoms with Crippen molar-refractivity contribution in [2.24, 2.45) is 5.73 Å². The first kappa shape index (κ1) is 20.9. The van der Waals surface area contributed by atoms with Crippen LogP contribution in [0.25, 0.3) is 0 Å². The Hall–Kier alpha value is -1.15. The molecule has 22 heavy (non-hydrogen) atoms. The van der Waals surface area contributed by atoms with Gasteiger partial charge in [-0.3, -0.25) is 4.79 Å². The van der Waals surface area contributed by atoms with Crippen LogP contribution in [0.4, 0.5) is 0 Å². The molecule has 0 aliphatic rings. The molecule has 0 spiro atoms. The van der Waals surface area contributed by atoms with E-state index < -0.39 is 10.0 Å². The highest BCUT2D eigenvalue weighted by Gasteiger charge is 2.20. The fourth-order valence-corrected chi connectivity index (χ4v) is 3.03. The van der Waals surface area contributed by atoms with Crippen LogP contribution in [0, 0.1) is 0 Å². The van der Waals surface area contributed by atoms with Crippen molar-refractivity contribution in [1.82, 2.24) is 9.62 Å². The number of amides is 1. The highest BCUT2D eigenvalue weighted by molar-refractivity contribution is 7.89. The van der Waals surface area contributed by atoms with Crippen molar-refractivity contribution in [2.75, 3.05) is 13.6 Å². The van der Waals surface area contributed by atoms with Crippen LogP contribution in [0.1, 0.15) is 31.1 Å². The zero-order chi connectivity index (χ0) is 16.2. The monoisotopic (exact) mass is 349 g/mol. The van der Waals surface area contributed by atoms with E-state index in [1.165, 1.54) is 17.0 Å². The number of nitrogens with two attached hydrogens (primary N) is 1. The van der Waals surface area contributed by atoms with Gasteiger partial charge in [-0.1, -0.05) is 6.07 Å². The molecule has 126 valence electrons. The summed E-state index contributed by atoms with van der Waals surface area (Å²) in [5.41, 5.74) is 5.87. The molecule has 1 aromatic carbocycles. The summed E-state index contributed by atoms with van der Waals surface area (Å²) in [5.74, 6) is -0.255. The maximum absolute atomic E-state index is 12.3. The zero-order valence-electron chi connectivity index (χ0n) is 13.2. The molecule has 0 bridgehead atoms. The van der Waals surface area contributed by atoms with Gasteiger partial charge in [-0.2, -0.15) is 0 Å². The smallest absolute Gasteiger partial charge is 0.253 e. The van der Waals surface area contributed by atoms with Crippen molar-refractivity contribution in [3.05, 3.63) is 29.8 Å². The van der Waals surface area contributed by atoms with Crippen molar-refractivity contribution >= 4 is 28.3 Å². The number of sulfonamides is 1. The lowest BCUT2D eigenvalue weighted by atomic mass is 10.2. The molecule has 1 amide bonds. The predicted octanol–water partition coefficient (Wildman–Crippen LogP) is 1.21. The first-order valence-corrected chi connectivity index (χ1v) is 8.27. The van der Waals surface area contributed by atoms with E-state index in [-0.39, 0.29) is 35.3 Å². The Labute approximate surface area is 138 Å². The minimum atomic E-state index is -3.61. The van der Waals surface area contributed by atoms with E-state index in [9.17, 15) is 13.2 Å². The summed E-state index contributed by atoms with van der Waals surface area (Å²) in [6.45, 7) is 5.65. The average molecular weight is 350 g/mol. The number of hydrogen-bond acceptors (Lipinski definition) is 4. The minimum absolute atomic E-state index is 0. The quantitative estimate of drug-likeness (QED) is 0.807. The number of halogens is 1. The summed E-state index contributed by atoms with van der Waals surface area (Å²) >= 11 is 0. The Morgan fingerprint density at radius 3 is 2.41 bits per heavy atom. The van der Waals surface area contributed by atoms with Crippen LogP contribution in [-0.2, 0) is 10.0 Å². The molecule has 0 saturated carbocycles. The number of nitrogens with one attached hydrogen (secondary N) is 1. The fourth-order valence-electron chi connectivity index (χ4n) is 1.74. The Bertz CT molecular complexity index is 605. The lowest BCUT2D eigenvalue weighted by Gasteiger charge is -2.23. The van der Waals surface area contributed by atoms with Crippen LogP contribution in [-0.4, -0.2) is 44.9 Å². The molecule has 0 aliphatic carbocycles. The highest BCUT2D eigenvalue weighted by Crippen LogP contribution is 2.14. The summed E-state index contributed by atoms with van der Waals surface area (Å²) < 4.78 is 26.7. The molecule has 0 heterocycles. The highest BCUT2D eigenvalue weighted by atomic mass is 35.5. The Balaban J connectivity index is 0.00000441. The summed E-state index contributed by atoms with van der Waals surface area (Å²) in [7, 11) is -1.97. The molecule has 0 aromatic heterocycles. The second kappa shape index (κ2) is 8.47. The standard InChI is InChI=1S/C14H23N3O3S.ClH/c1-10(2)16-21(19,20)13-7-5-6-12(8-13)14(18)17(4)11(3)9-15;/h5-8,10-11,16H,9,15H2,1-4H3;1H. The molecular weight excluding hydrogens is 326 g/mol. The predicted molar refractivity (Wildman–Crippen MR) is 89.8 cm³/mol. The van der Waals surface area contributed by atoms with E-state index in [0.717, 1.165) is 0 Å². The third-order valence-electron chi connectivity index (χ3n) is 3.10. The molecule has 1 atom stereocenters. The van der Waals surface area contributed by atoms with Crippen LogP contribution >= 0.6 is 12.4 Å². The van der Waals surface area contributed by atoms with Gasteiger partial charge < -0.3 is 10.6 Å². The molecule has 3 N–H and O–H groups in total. The average Bonchev–Trinajstić information content (AvgIpc) is 2.43.